The number of aryl methyl sites for hydroxylation is 4. The lowest BCUT2D eigenvalue weighted by molar-refractivity contribution is 0.660. The third-order valence-electron chi connectivity index (χ3n) is 22.5. The number of hydrogen-bond donors (Lipinski definition) is 0. The smallest absolute Gasteiger partial charge is 0.0495 e. The molecule has 0 bridgehead atoms. The Morgan fingerprint density at radius 2 is 0.554 bits per heavy atom. The molecule has 4 aliphatic carbocycles. The van der Waals surface area contributed by atoms with Crippen LogP contribution in [0.5, 0.6) is 0 Å². The van der Waals surface area contributed by atoms with Crippen molar-refractivity contribution in [2.24, 2.45) is 28.2 Å². The lowest BCUT2D eigenvalue weighted by Crippen LogP contribution is -2.15. The van der Waals surface area contributed by atoms with Gasteiger partial charge in [0.2, 0.25) is 0 Å². The zero-order valence-corrected chi connectivity index (χ0v) is 54.9. The highest BCUT2D eigenvalue weighted by atomic mass is 15.0. The fourth-order valence-electron chi connectivity index (χ4n) is 17.7. The Hall–Kier alpha value is -10.2. The predicted molar refractivity (Wildman–Crippen MR) is 392 cm³/mol. The molecule has 0 saturated carbocycles. The molecule has 0 fully saturated rings. The standard InChI is InChI=1S/4C22H19N/c1-22(2)18-10-6-4-8-14(18)16-13-21-17(12-19(16)22)15-9-5-7-11-20(15)23(21)3;1-22(2)18-10-6-4-8-14(18)16-12-17-15-9-5-7-11-20(15)23(3)21(17)13-19(16)22;1-22(2)17-10-6-4-8-14(17)15-12-13-19-20(21(15)22)16-9-5-7-11-18(16)23(19)3;1-22(2)16-10-6-4-8-14(16)20-17(22)12-13-19-21(20)15-9-5-7-11-18(15)23(19)3/h4*4-13H,1-3H3. The Morgan fingerprint density at radius 1 is 0.207 bits per heavy atom. The molecule has 0 N–H and O–H groups in total. The minimum absolute atomic E-state index is 0.0373. The number of nitrogens with zero attached hydrogens (tertiary/aromatic N) is 4. The van der Waals surface area contributed by atoms with Crippen molar-refractivity contribution in [2.45, 2.75) is 77.0 Å². The van der Waals surface area contributed by atoms with Crippen LogP contribution >= 0.6 is 0 Å². The first kappa shape index (κ1) is 55.9. The maximum atomic E-state index is 2.42. The van der Waals surface area contributed by atoms with Crippen molar-refractivity contribution in [3.63, 3.8) is 0 Å². The van der Waals surface area contributed by atoms with E-state index < -0.39 is 0 Å². The van der Waals surface area contributed by atoms with Crippen LogP contribution in [-0.4, -0.2) is 18.3 Å². The molecular formula is C88H76N4. The van der Waals surface area contributed by atoms with Crippen molar-refractivity contribution in [1.29, 1.82) is 0 Å². The van der Waals surface area contributed by atoms with Gasteiger partial charge in [0.15, 0.2) is 0 Å². The van der Waals surface area contributed by atoms with Crippen LogP contribution < -0.4 is 0 Å². The molecule has 20 rings (SSSR count). The van der Waals surface area contributed by atoms with Gasteiger partial charge in [-0.2, -0.15) is 0 Å². The quantitative estimate of drug-likeness (QED) is 0.144. The molecule has 4 heterocycles. The van der Waals surface area contributed by atoms with E-state index in [9.17, 15) is 0 Å². The summed E-state index contributed by atoms with van der Waals surface area (Å²) >= 11 is 0. The van der Waals surface area contributed by atoms with Gasteiger partial charge < -0.3 is 18.3 Å². The van der Waals surface area contributed by atoms with Gasteiger partial charge in [0.1, 0.15) is 0 Å². The van der Waals surface area contributed by atoms with E-state index in [0.717, 1.165) is 0 Å². The summed E-state index contributed by atoms with van der Waals surface area (Å²) in [7, 11) is 8.68. The van der Waals surface area contributed by atoms with Crippen molar-refractivity contribution < 1.29 is 0 Å². The highest BCUT2D eigenvalue weighted by molar-refractivity contribution is 6.18. The Morgan fingerprint density at radius 3 is 1.10 bits per heavy atom. The maximum absolute atomic E-state index is 2.42. The third kappa shape index (κ3) is 7.58. The van der Waals surface area contributed by atoms with E-state index in [2.05, 4.69) is 345 Å². The van der Waals surface area contributed by atoms with Gasteiger partial charge in [-0.15, -0.1) is 0 Å². The largest absolute Gasteiger partial charge is 0.344 e. The zero-order valence-electron chi connectivity index (χ0n) is 54.9. The molecule has 0 atom stereocenters. The highest BCUT2D eigenvalue weighted by Gasteiger charge is 2.41. The second-order valence-electron chi connectivity index (χ2n) is 28.6. The lowest BCUT2D eigenvalue weighted by atomic mass is 9.80. The summed E-state index contributed by atoms with van der Waals surface area (Å²) in [5, 5.41) is 10.9. The summed E-state index contributed by atoms with van der Waals surface area (Å²) < 4.78 is 9.28. The number of fused-ring (bicyclic) bond motifs is 26. The molecule has 0 spiro atoms. The van der Waals surface area contributed by atoms with Crippen molar-refractivity contribution in [3.05, 3.63) is 287 Å². The first-order chi connectivity index (χ1) is 44.4. The topological polar surface area (TPSA) is 19.7 Å². The van der Waals surface area contributed by atoms with Crippen molar-refractivity contribution in [3.8, 4) is 44.5 Å². The Kier molecular flexibility index (Phi) is 11.9. The third-order valence-corrected chi connectivity index (χ3v) is 22.5. The SMILES string of the molecule is Cn1c2ccccc2c2c3c(ccc21)-c1ccccc1C3(C)C.Cn1c2ccccc2c2c3c(ccc21)C(C)(C)c1ccccc1-3.Cn1c2ccccc2c2cc3c(cc21)-c1ccccc1C3(C)C.Cn1c2ccccc2c2cc3c(cc21)C(C)(C)c1ccccc1-3. The molecular weight excluding hydrogens is 1110 g/mol. The Balaban J connectivity index is 0.0000000939. The van der Waals surface area contributed by atoms with Crippen LogP contribution in [-0.2, 0) is 49.9 Å². The van der Waals surface area contributed by atoms with Crippen LogP contribution in [0.1, 0.15) is 99.9 Å². The first-order valence-corrected chi connectivity index (χ1v) is 32.8. The van der Waals surface area contributed by atoms with Gasteiger partial charge in [0, 0.05) is 137 Å². The molecule has 4 aromatic heterocycles. The monoisotopic (exact) mass is 1190 g/mol. The van der Waals surface area contributed by atoms with Gasteiger partial charge in [-0.05, 0) is 150 Å². The van der Waals surface area contributed by atoms with Gasteiger partial charge in [-0.1, -0.05) is 237 Å². The number of benzene rings is 12. The number of rotatable bonds is 0. The molecule has 0 unspecified atom stereocenters. The lowest BCUT2D eigenvalue weighted by Gasteiger charge is -2.22. The molecule has 16 aromatic rings. The number of aromatic nitrogens is 4. The second kappa shape index (κ2) is 19.7. The minimum atomic E-state index is 0.0373. The van der Waals surface area contributed by atoms with Gasteiger partial charge in [-0.3, -0.25) is 0 Å². The molecule has 4 aliphatic rings. The van der Waals surface area contributed by atoms with E-state index in [-0.39, 0.29) is 21.7 Å². The van der Waals surface area contributed by atoms with Crippen LogP contribution in [0.4, 0.5) is 0 Å². The van der Waals surface area contributed by atoms with Gasteiger partial charge in [-0.25, -0.2) is 0 Å². The predicted octanol–water partition coefficient (Wildman–Crippen LogP) is 22.6. The van der Waals surface area contributed by atoms with Crippen molar-refractivity contribution >= 4 is 87.2 Å². The molecule has 448 valence electrons. The molecule has 0 saturated heterocycles. The molecule has 12 aromatic carbocycles. The average molecular weight is 1190 g/mol. The molecule has 4 heteroatoms. The summed E-state index contributed by atoms with van der Waals surface area (Å²) in [6, 6.07) is 89.2. The summed E-state index contributed by atoms with van der Waals surface area (Å²) in [6.45, 7) is 18.8. The van der Waals surface area contributed by atoms with Crippen LogP contribution in [0.3, 0.4) is 0 Å². The molecule has 0 radical (unpaired) electrons. The van der Waals surface area contributed by atoms with Crippen molar-refractivity contribution in [2.75, 3.05) is 0 Å². The fraction of sp³-hybridized carbons (Fsp3) is 0.182. The minimum Gasteiger partial charge on any atom is -0.344 e. The van der Waals surface area contributed by atoms with Crippen LogP contribution in [0, 0.1) is 0 Å². The van der Waals surface area contributed by atoms with E-state index in [1.165, 1.54) is 176 Å². The number of para-hydroxylation sites is 4. The van der Waals surface area contributed by atoms with Crippen LogP contribution in [0.25, 0.3) is 132 Å². The zero-order chi connectivity index (χ0) is 63.1. The summed E-state index contributed by atoms with van der Waals surface area (Å²) in [6.07, 6.45) is 0. The first-order valence-electron chi connectivity index (χ1n) is 32.8. The van der Waals surface area contributed by atoms with Crippen LogP contribution in [0.2, 0.25) is 0 Å². The molecule has 92 heavy (non-hydrogen) atoms. The van der Waals surface area contributed by atoms with Crippen molar-refractivity contribution in [1.82, 2.24) is 18.3 Å². The Bertz CT molecular complexity index is 5790. The van der Waals surface area contributed by atoms with E-state index >= 15 is 0 Å². The highest BCUT2D eigenvalue weighted by Crippen LogP contribution is 2.56. The van der Waals surface area contributed by atoms with Gasteiger partial charge >= 0.3 is 0 Å². The summed E-state index contributed by atoms with van der Waals surface area (Å²) in [5.74, 6) is 0. The average Bonchev–Trinajstić information content (AvgIpc) is 1.56. The van der Waals surface area contributed by atoms with E-state index in [0.29, 0.717) is 0 Å². The summed E-state index contributed by atoms with van der Waals surface area (Å²) in [4.78, 5) is 0. The van der Waals surface area contributed by atoms with Gasteiger partial charge in [0.05, 0.1) is 0 Å². The van der Waals surface area contributed by atoms with E-state index in [1.807, 2.05) is 0 Å². The molecule has 0 aliphatic heterocycles. The normalized spacial score (nSPS) is 15.1. The maximum Gasteiger partial charge on any atom is 0.0495 e. The molecule has 4 nitrogen and oxygen atoms in total. The Labute approximate surface area is 539 Å². The number of hydrogen-bond acceptors (Lipinski definition) is 0. The second-order valence-corrected chi connectivity index (χ2v) is 28.6. The molecule has 0 amide bonds. The van der Waals surface area contributed by atoms with Gasteiger partial charge in [0.25, 0.3) is 0 Å². The van der Waals surface area contributed by atoms with E-state index in [1.54, 1.807) is 0 Å². The van der Waals surface area contributed by atoms with Crippen LogP contribution in [0.15, 0.2) is 243 Å². The van der Waals surface area contributed by atoms with E-state index in [4.69, 9.17) is 0 Å². The fourth-order valence-corrected chi connectivity index (χ4v) is 17.7. The summed E-state index contributed by atoms with van der Waals surface area (Å²) in [5.41, 5.74) is 33.5.